The van der Waals surface area contributed by atoms with E-state index in [9.17, 15) is 8.42 Å². The molecule has 0 unspecified atom stereocenters. The summed E-state index contributed by atoms with van der Waals surface area (Å²) in [6.07, 6.45) is 0.770. The van der Waals surface area contributed by atoms with Gasteiger partial charge in [0.25, 0.3) is 0 Å². The van der Waals surface area contributed by atoms with Crippen molar-refractivity contribution in [2.24, 2.45) is 0 Å². The second kappa shape index (κ2) is 6.34. The fourth-order valence-electron chi connectivity index (χ4n) is 1.17. The van der Waals surface area contributed by atoms with E-state index in [1.54, 1.807) is 24.3 Å². The predicted molar refractivity (Wildman–Crippen MR) is 67.9 cm³/mol. The van der Waals surface area contributed by atoms with E-state index < -0.39 is 10.0 Å². The number of nitrogens with one attached hydrogen (secondary N) is 2. The molecule has 4 nitrogen and oxygen atoms in total. The zero-order valence-corrected chi connectivity index (χ0v) is 11.4. The molecule has 1 rings (SSSR count). The highest BCUT2D eigenvalue weighted by Gasteiger charge is 2.12. The Labute approximate surface area is 105 Å². The molecule has 0 fully saturated rings. The Kier molecular flexibility index (Phi) is 5.40. The summed E-state index contributed by atoms with van der Waals surface area (Å²) in [4.78, 5) is 0.292. The highest BCUT2D eigenvalue weighted by atomic mass is 79.9. The fraction of sp³-hybridized carbons (Fsp3) is 0.400. The SMILES string of the molecule is CNCCCNS(=O)(=O)c1ccc(Br)cc1. The van der Waals surface area contributed by atoms with Gasteiger partial charge in [0.1, 0.15) is 0 Å². The predicted octanol–water partition coefficient (Wildman–Crippen LogP) is 1.34. The van der Waals surface area contributed by atoms with Crippen molar-refractivity contribution in [2.75, 3.05) is 20.1 Å². The first-order valence-electron chi connectivity index (χ1n) is 4.96. The number of sulfonamides is 1. The Bertz CT molecular complexity index is 417. The maximum atomic E-state index is 11.8. The number of rotatable bonds is 6. The quantitative estimate of drug-likeness (QED) is 0.780. The molecule has 0 spiro atoms. The summed E-state index contributed by atoms with van der Waals surface area (Å²) in [6.45, 7) is 1.24. The topological polar surface area (TPSA) is 58.2 Å². The summed E-state index contributed by atoms with van der Waals surface area (Å²) in [5.41, 5.74) is 0. The molecular weight excluding hydrogens is 292 g/mol. The maximum Gasteiger partial charge on any atom is 0.240 e. The summed E-state index contributed by atoms with van der Waals surface area (Å²) < 4.78 is 26.9. The van der Waals surface area contributed by atoms with Crippen molar-refractivity contribution in [2.45, 2.75) is 11.3 Å². The Hall–Kier alpha value is -0.430. The van der Waals surface area contributed by atoms with Crippen molar-refractivity contribution < 1.29 is 8.42 Å². The molecule has 0 radical (unpaired) electrons. The molecule has 0 heterocycles. The average Bonchev–Trinajstić information content (AvgIpc) is 2.25. The minimum absolute atomic E-state index is 0.292. The van der Waals surface area contributed by atoms with Gasteiger partial charge in [-0.05, 0) is 44.3 Å². The normalized spacial score (nSPS) is 11.6. The molecule has 0 saturated carbocycles. The van der Waals surface area contributed by atoms with Gasteiger partial charge in [-0.25, -0.2) is 13.1 Å². The second-order valence-corrected chi connectivity index (χ2v) is 5.99. The molecule has 1 aromatic carbocycles. The van der Waals surface area contributed by atoms with Crippen LogP contribution in [0, 0.1) is 0 Å². The van der Waals surface area contributed by atoms with Gasteiger partial charge < -0.3 is 5.32 Å². The molecule has 0 amide bonds. The number of halogens is 1. The summed E-state index contributed by atoms with van der Waals surface area (Å²) in [6, 6.07) is 6.57. The number of benzene rings is 1. The molecule has 0 aliphatic rings. The lowest BCUT2D eigenvalue weighted by atomic mass is 10.4. The third-order valence-electron chi connectivity index (χ3n) is 2.02. The zero-order valence-electron chi connectivity index (χ0n) is 9.03. The molecular formula is C10H15BrN2O2S. The Morgan fingerprint density at radius 3 is 2.38 bits per heavy atom. The van der Waals surface area contributed by atoms with Crippen molar-refractivity contribution in [3.8, 4) is 0 Å². The first-order chi connectivity index (χ1) is 7.56. The molecule has 1 aromatic rings. The van der Waals surface area contributed by atoms with E-state index in [0.717, 1.165) is 17.4 Å². The average molecular weight is 307 g/mol. The van der Waals surface area contributed by atoms with Crippen LogP contribution in [-0.2, 0) is 10.0 Å². The summed E-state index contributed by atoms with van der Waals surface area (Å²) >= 11 is 3.26. The lowest BCUT2D eigenvalue weighted by Gasteiger charge is -2.06. The van der Waals surface area contributed by atoms with Crippen LogP contribution in [0.5, 0.6) is 0 Å². The fourth-order valence-corrected chi connectivity index (χ4v) is 2.51. The molecule has 0 aromatic heterocycles. The van der Waals surface area contributed by atoms with Crippen molar-refractivity contribution in [3.05, 3.63) is 28.7 Å². The van der Waals surface area contributed by atoms with Gasteiger partial charge in [-0.2, -0.15) is 0 Å². The first kappa shape index (κ1) is 13.6. The van der Waals surface area contributed by atoms with E-state index in [1.165, 1.54) is 0 Å². The van der Waals surface area contributed by atoms with Crippen LogP contribution in [0.25, 0.3) is 0 Å². The molecule has 16 heavy (non-hydrogen) atoms. The minimum atomic E-state index is -3.36. The van der Waals surface area contributed by atoms with Gasteiger partial charge in [-0.3, -0.25) is 0 Å². The standard InChI is InChI=1S/C10H15BrN2O2S/c1-12-7-2-8-13-16(14,15)10-5-3-9(11)4-6-10/h3-6,12-13H,2,7-8H2,1H3. The van der Waals surface area contributed by atoms with Crippen LogP contribution in [0.3, 0.4) is 0 Å². The van der Waals surface area contributed by atoms with E-state index in [0.29, 0.717) is 11.4 Å². The van der Waals surface area contributed by atoms with Gasteiger partial charge in [-0.1, -0.05) is 15.9 Å². The second-order valence-electron chi connectivity index (χ2n) is 3.31. The number of hydrogen-bond acceptors (Lipinski definition) is 3. The van der Waals surface area contributed by atoms with Crippen molar-refractivity contribution >= 4 is 26.0 Å². The van der Waals surface area contributed by atoms with Gasteiger partial charge in [-0.15, -0.1) is 0 Å². The summed E-state index contributed by atoms with van der Waals surface area (Å²) in [5.74, 6) is 0. The molecule has 0 bridgehead atoms. The monoisotopic (exact) mass is 306 g/mol. The molecule has 0 aliphatic carbocycles. The van der Waals surface area contributed by atoms with Crippen LogP contribution < -0.4 is 10.0 Å². The van der Waals surface area contributed by atoms with E-state index >= 15 is 0 Å². The summed E-state index contributed by atoms with van der Waals surface area (Å²) in [7, 11) is -1.52. The highest BCUT2D eigenvalue weighted by molar-refractivity contribution is 9.10. The van der Waals surface area contributed by atoms with E-state index in [2.05, 4.69) is 26.0 Å². The van der Waals surface area contributed by atoms with Crippen molar-refractivity contribution in [3.63, 3.8) is 0 Å². The van der Waals surface area contributed by atoms with E-state index in [4.69, 9.17) is 0 Å². The van der Waals surface area contributed by atoms with Crippen molar-refractivity contribution in [1.82, 2.24) is 10.0 Å². The maximum absolute atomic E-state index is 11.8. The van der Waals surface area contributed by atoms with Gasteiger partial charge in [0, 0.05) is 11.0 Å². The molecule has 6 heteroatoms. The van der Waals surface area contributed by atoms with Gasteiger partial charge in [0.15, 0.2) is 0 Å². The largest absolute Gasteiger partial charge is 0.320 e. The molecule has 0 aliphatic heterocycles. The van der Waals surface area contributed by atoms with Gasteiger partial charge >= 0.3 is 0 Å². The Morgan fingerprint density at radius 2 is 1.81 bits per heavy atom. The van der Waals surface area contributed by atoms with Crippen LogP contribution >= 0.6 is 15.9 Å². The first-order valence-corrected chi connectivity index (χ1v) is 7.24. The molecule has 90 valence electrons. The van der Waals surface area contributed by atoms with E-state index in [-0.39, 0.29) is 0 Å². The lowest BCUT2D eigenvalue weighted by Crippen LogP contribution is -2.26. The zero-order chi connectivity index (χ0) is 12.0. The molecule has 2 N–H and O–H groups in total. The molecule has 0 atom stereocenters. The highest BCUT2D eigenvalue weighted by Crippen LogP contribution is 2.14. The van der Waals surface area contributed by atoms with Gasteiger partial charge in [0.05, 0.1) is 4.90 Å². The van der Waals surface area contributed by atoms with Crippen LogP contribution in [-0.4, -0.2) is 28.6 Å². The third kappa shape index (κ3) is 4.21. The summed E-state index contributed by atoms with van der Waals surface area (Å²) in [5, 5.41) is 2.96. The third-order valence-corrected chi connectivity index (χ3v) is 4.03. The Balaban J connectivity index is 2.60. The van der Waals surface area contributed by atoms with Crippen LogP contribution in [0.2, 0.25) is 0 Å². The van der Waals surface area contributed by atoms with E-state index in [1.807, 2.05) is 7.05 Å². The number of hydrogen-bond donors (Lipinski definition) is 2. The van der Waals surface area contributed by atoms with Crippen LogP contribution in [0.1, 0.15) is 6.42 Å². The Morgan fingerprint density at radius 1 is 1.19 bits per heavy atom. The van der Waals surface area contributed by atoms with Crippen molar-refractivity contribution in [1.29, 1.82) is 0 Å². The van der Waals surface area contributed by atoms with Crippen LogP contribution in [0.15, 0.2) is 33.6 Å². The lowest BCUT2D eigenvalue weighted by molar-refractivity contribution is 0.577. The van der Waals surface area contributed by atoms with Gasteiger partial charge in [0.2, 0.25) is 10.0 Å². The van der Waals surface area contributed by atoms with Crippen LogP contribution in [0.4, 0.5) is 0 Å². The minimum Gasteiger partial charge on any atom is -0.320 e. The molecule has 0 saturated heterocycles. The smallest absolute Gasteiger partial charge is 0.240 e.